The monoisotopic (exact) mass is 368 g/mol. The van der Waals surface area contributed by atoms with Crippen LogP contribution in [0.2, 0.25) is 0 Å². The molecule has 2 heterocycles. The zero-order valence-electron chi connectivity index (χ0n) is 15.7. The van der Waals surface area contributed by atoms with Gasteiger partial charge in [0.05, 0.1) is 25.3 Å². The number of aliphatic imine (C=N–C) groups is 1. The van der Waals surface area contributed by atoms with Crippen molar-refractivity contribution in [2.45, 2.75) is 31.9 Å². The summed E-state index contributed by atoms with van der Waals surface area (Å²) < 4.78 is 11.1. The van der Waals surface area contributed by atoms with E-state index in [2.05, 4.69) is 54.1 Å². The largest absolute Gasteiger partial charge is 0.379 e. The van der Waals surface area contributed by atoms with Crippen LogP contribution in [0.15, 0.2) is 22.5 Å². The zero-order valence-corrected chi connectivity index (χ0v) is 16.5. The fraction of sp³-hybridized carbons (Fsp3) is 0.722. The predicted octanol–water partition coefficient (Wildman–Crippen LogP) is 2.10. The van der Waals surface area contributed by atoms with Gasteiger partial charge in [0.2, 0.25) is 0 Å². The Bertz CT molecular complexity index is 487. The first-order valence-corrected chi connectivity index (χ1v) is 10.00. The lowest BCUT2D eigenvalue weighted by Crippen LogP contribution is -2.39. The second-order valence-electron chi connectivity index (χ2n) is 6.35. The highest BCUT2D eigenvalue weighted by molar-refractivity contribution is 7.10. The third-order valence-electron chi connectivity index (χ3n) is 4.12. The molecule has 1 aliphatic rings. The molecule has 2 rings (SSSR count). The second-order valence-corrected chi connectivity index (χ2v) is 7.33. The first-order chi connectivity index (χ1) is 12.2. The zero-order chi connectivity index (χ0) is 17.9. The van der Waals surface area contributed by atoms with Crippen molar-refractivity contribution < 1.29 is 9.47 Å². The van der Waals surface area contributed by atoms with E-state index in [1.807, 2.05) is 0 Å². The Morgan fingerprint density at radius 3 is 3.00 bits per heavy atom. The predicted molar refractivity (Wildman–Crippen MR) is 105 cm³/mol. The Morgan fingerprint density at radius 1 is 1.48 bits per heavy atom. The summed E-state index contributed by atoms with van der Waals surface area (Å²) in [6, 6.07) is 4.58. The number of likely N-dealkylation sites (N-methyl/N-ethyl adjacent to an activating group) is 1. The normalized spacial score (nSPS) is 19.4. The number of nitrogens with zero attached hydrogens (tertiary/aromatic N) is 2. The Labute approximate surface area is 155 Å². The molecule has 0 aromatic carbocycles. The standard InChI is InChI=1S/C18H32N4O2S/c1-4-19-18(20-9-6-10-24-15-8-11-23-14-15)21-13-16(22(2)3)17-7-5-12-25-17/h5,7,12,15-16H,4,6,8-11,13-14H2,1-3H3,(H2,19,20,21). The topological polar surface area (TPSA) is 58.1 Å². The van der Waals surface area contributed by atoms with Gasteiger partial charge in [0.25, 0.3) is 0 Å². The molecular weight excluding hydrogens is 336 g/mol. The minimum absolute atomic E-state index is 0.286. The van der Waals surface area contributed by atoms with Gasteiger partial charge in [0, 0.05) is 31.2 Å². The van der Waals surface area contributed by atoms with E-state index < -0.39 is 0 Å². The van der Waals surface area contributed by atoms with E-state index in [1.165, 1.54) is 4.88 Å². The first kappa shape index (κ1) is 20.2. The van der Waals surface area contributed by atoms with Crippen LogP contribution in [-0.4, -0.2) is 70.5 Å². The van der Waals surface area contributed by atoms with Crippen LogP contribution in [0.3, 0.4) is 0 Å². The van der Waals surface area contributed by atoms with E-state index in [4.69, 9.17) is 14.5 Å². The molecule has 2 atom stereocenters. The molecule has 0 spiro atoms. The number of ether oxygens (including phenoxy) is 2. The van der Waals surface area contributed by atoms with Crippen molar-refractivity contribution in [3.05, 3.63) is 22.4 Å². The molecule has 0 radical (unpaired) electrons. The summed E-state index contributed by atoms with van der Waals surface area (Å²) in [5.41, 5.74) is 0. The van der Waals surface area contributed by atoms with Crippen molar-refractivity contribution in [2.75, 3.05) is 53.6 Å². The maximum atomic E-state index is 5.79. The quantitative estimate of drug-likeness (QED) is 0.376. The molecular formula is C18H32N4O2S. The summed E-state index contributed by atoms with van der Waals surface area (Å²) in [5, 5.41) is 8.83. The molecule has 7 heteroatoms. The van der Waals surface area contributed by atoms with Crippen LogP contribution in [-0.2, 0) is 9.47 Å². The van der Waals surface area contributed by atoms with Gasteiger partial charge < -0.3 is 25.0 Å². The molecule has 1 fully saturated rings. The lowest BCUT2D eigenvalue weighted by atomic mass is 10.2. The van der Waals surface area contributed by atoms with Crippen molar-refractivity contribution in [1.82, 2.24) is 15.5 Å². The second kappa shape index (κ2) is 11.5. The third-order valence-corrected chi connectivity index (χ3v) is 5.09. The highest BCUT2D eigenvalue weighted by Crippen LogP contribution is 2.23. The SMILES string of the molecule is CCNC(=NCC(c1cccs1)N(C)C)NCCCOC1CCOC1. The smallest absolute Gasteiger partial charge is 0.191 e. The van der Waals surface area contributed by atoms with Crippen LogP contribution in [0.25, 0.3) is 0 Å². The van der Waals surface area contributed by atoms with Gasteiger partial charge in [-0.25, -0.2) is 0 Å². The minimum Gasteiger partial charge on any atom is -0.379 e. The lowest BCUT2D eigenvalue weighted by Gasteiger charge is -2.22. The molecule has 1 aliphatic heterocycles. The Kier molecular flexibility index (Phi) is 9.25. The lowest BCUT2D eigenvalue weighted by molar-refractivity contribution is 0.0420. The van der Waals surface area contributed by atoms with Gasteiger partial charge in [-0.15, -0.1) is 11.3 Å². The van der Waals surface area contributed by atoms with Crippen molar-refractivity contribution in [3.8, 4) is 0 Å². The van der Waals surface area contributed by atoms with Crippen molar-refractivity contribution in [1.29, 1.82) is 0 Å². The molecule has 0 aliphatic carbocycles. The number of rotatable bonds is 10. The number of nitrogens with one attached hydrogen (secondary N) is 2. The number of hydrogen-bond acceptors (Lipinski definition) is 5. The molecule has 6 nitrogen and oxygen atoms in total. The fourth-order valence-corrected chi connectivity index (χ4v) is 3.60. The third kappa shape index (κ3) is 7.32. The maximum absolute atomic E-state index is 5.79. The average Bonchev–Trinajstić information content (AvgIpc) is 3.28. The van der Waals surface area contributed by atoms with Crippen LogP contribution < -0.4 is 10.6 Å². The molecule has 0 amide bonds. The fourth-order valence-electron chi connectivity index (χ4n) is 2.68. The van der Waals surface area contributed by atoms with Crippen molar-refractivity contribution >= 4 is 17.3 Å². The van der Waals surface area contributed by atoms with Crippen molar-refractivity contribution in [2.24, 2.45) is 4.99 Å². The van der Waals surface area contributed by atoms with Gasteiger partial charge in [-0.3, -0.25) is 4.99 Å². The molecule has 1 aromatic rings. The molecule has 25 heavy (non-hydrogen) atoms. The maximum Gasteiger partial charge on any atom is 0.191 e. The summed E-state index contributed by atoms with van der Waals surface area (Å²) >= 11 is 1.78. The Balaban J connectivity index is 1.74. The van der Waals surface area contributed by atoms with Crippen LogP contribution in [0.5, 0.6) is 0 Å². The first-order valence-electron chi connectivity index (χ1n) is 9.12. The van der Waals surface area contributed by atoms with E-state index in [9.17, 15) is 0 Å². The van der Waals surface area contributed by atoms with Gasteiger partial charge in [-0.05, 0) is 45.3 Å². The summed E-state index contributed by atoms with van der Waals surface area (Å²) in [4.78, 5) is 8.33. The Morgan fingerprint density at radius 2 is 2.36 bits per heavy atom. The van der Waals surface area contributed by atoms with E-state index in [0.29, 0.717) is 6.04 Å². The molecule has 0 bridgehead atoms. The van der Waals surface area contributed by atoms with Crippen LogP contribution in [0.4, 0.5) is 0 Å². The summed E-state index contributed by atoms with van der Waals surface area (Å²) in [6.07, 6.45) is 2.27. The van der Waals surface area contributed by atoms with Gasteiger partial charge in [-0.2, -0.15) is 0 Å². The van der Waals surface area contributed by atoms with Crippen LogP contribution in [0, 0.1) is 0 Å². The van der Waals surface area contributed by atoms with E-state index in [0.717, 1.165) is 58.3 Å². The van der Waals surface area contributed by atoms with Crippen LogP contribution in [0.1, 0.15) is 30.7 Å². The number of guanidine groups is 1. The molecule has 0 saturated carbocycles. The van der Waals surface area contributed by atoms with Gasteiger partial charge >= 0.3 is 0 Å². The van der Waals surface area contributed by atoms with Crippen molar-refractivity contribution in [3.63, 3.8) is 0 Å². The summed E-state index contributed by atoms with van der Waals surface area (Å²) in [5.74, 6) is 0.870. The van der Waals surface area contributed by atoms with Gasteiger partial charge in [-0.1, -0.05) is 6.07 Å². The number of hydrogen-bond donors (Lipinski definition) is 2. The summed E-state index contributed by atoms with van der Waals surface area (Å²) in [7, 11) is 4.20. The van der Waals surface area contributed by atoms with Gasteiger partial charge in [0.1, 0.15) is 0 Å². The molecule has 1 aromatic heterocycles. The molecule has 2 N–H and O–H groups in total. The highest BCUT2D eigenvalue weighted by atomic mass is 32.1. The molecule has 1 saturated heterocycles. The molecule has 142 valence electrons. The van der Waals surface area contributed by atoms with Crippen LogP contribution >= 0.6 is 11.3 Å². The number of thiophene rings is 1. The van der Waals surface area contributed by atoms with E-state index in [-0.39, 0.29) is 6.10 Å². The highest BCUT2D eigenvalue weighted by Gasteiger charge is 2.16. The molecule has 2 unspecified atom stereocenters. The average molecular weight is 369 g/mol. The van der Waals surface area contributed by atoms with Gasteiger partial charge in [0.15, 0.2) is 5.96 Å². The van der Waals surface area contributed by atoms with E-state index >= 15 is 0 Å². The summed E-state index contributed by atoms with van der Waals surface area (Å²) in [6.45, 7) is 6.86. The Hall–Kier alpha value is -1.15. The minimum atomic E-state index is 0.286. The van der Waals surface area contributed by atoms with E-state index in [1.54, 1.807) is 11.3 Å².